The third-order valence-electron chi connectivity index (χ3n) is 1.89. The van der Waals surface area contributed by atoms with Crippen molar-refractivity contribution in [3.8, 4) is 0 Å². The number of rotatable bonds is 3. The lowest BCUT2D eigenvalue weighted by Crippen LogP contribution is -2.24. The molecule has 0 aliphatic rings. The summed E-state index contributed by atoms with van der Waals surface area (Å²) in [5, 5.41) is 10.6. The topological polar surface area (TPSA) is 20.2 Å². The summed E-state index contributed by atoms with van der Waals surface area (Å²) in [6.45, 7) is 3.47. The molecule has 0 fully saturated rings. The molecule has 0 bridgehead atoms. The second-order valence-electron chi connectivity index (χ2n) is 2.91. The molecular formula is C11H10Br2O. The second-order valence-corrected chi connectivity index (χ2v) is 4.39. The van der Waals surface area contributed by atoms with E-state index in [-0.39, 0.29) is 0 Å². The first-order chi connectivity index (χ1) is 6.62. The largest absolute Gasteiger partial charge is 0.379 e. The van der Waals surface area contributed by atoms with Crippen LogP contribution < -0.4 is 0 Å². The minimum Gasteiger partial charge on any atom is -0.379 e. The summed E-state index contributed by atoms with van der Waals surface area (Å²) in [5.74, 6) is 0. The highest BCUT2D eigenvalue weighted by atomic mass is 79.9. The smallest absolute Gasteiger partial charge is 0.125 e. The number of halogens is 2. The van der Waals surface area contributed by atoms with Crippen LogP contribution in [-0.4, -0.2) is 10.4 Å². The van der Waals surface area contributed by atoms with Crippen LogP contribution >= 0.6 is 31.9 Å². The van der Waals surface area contributed by atoms with E-state index in [0.717, 1.165) is 10.0 Å². The fourth-order valence-corrected chi connectivity index (χ4v) is 1.86. The average Bonchev–Trinajstić information content (AvgIpc) is 2.19. The van der Waals surface area contributed by atoms with Crippen LogP contribution in [0.5, 0.6) is 0 Å². The summed E-state index contributed by atoms with van der Waals surface area (Å²) in [6, 6.07) is 7.50. The van der Waals surface area contributed by atoms with Crippen LogP contribution in [0.3, 0.4) is 0 Å². The standard InChI is InChI=1S/C11H10Br2O/c1-2-7-11(14,8-12)9-3-5-10(13)6-4-9/h3-7,14H,1,8H2. The number of hydrogen-bond acceptors (Lipinski definition) is 1. The molecule has 1 unspecified atom stereocenters. The molecule has 0 saturated heterocycles. The summed E-state index contributed by atoms with van der Waals surface area (Å²) in [5.41, 5.74) is 2.39. The van der Waals surface area contributed by atoms with E-state index in [2.05, 4.69) is 44.2 Å². The first-order valence-electron chi connectivity index (χ1n) is 4.04. The van der Waals surface area contributed by atoms with Gasteiger partial charge in [0.1, 0.15) is 5.60 Å². The average molecular weight is 318 g/mol. The first-order valence-corrected chi connectivity index (χ1v) is 5.95. The molecule has 1 aromatic rings. The van der Waals surface area contributed by atoms with Crippen LogP contribution in [-0.2, 0) is 5.60 Å². The molecule has 0 aliphatic carbocycles. The Labute approximate surface area is 100 Å². The summed E-state index contributed by atoms with van der Waals surface area (Å²) >= 11 is 6.61. The summed E-state index contributed by atoms with van der Waals surface area (Å²) in [7, 11) is 0. The van der Waals surface area contributed by atoms with Gasteiger partial charge in [-0.3, -0.25) is 0 Å². The Balaban J connectivity index is 3.12. The lowest BCUT2D eigenvalue weighted by atomic mass is 9.96. The lowest BCUT2D eigenvalue weighted by Gasteiger charge is -2.21. The van der Waals surface area contributed by atoms with Crippen molar-refractivity contribution in [3.63, 3.8) is 0 Å². The quantitative estimate of drug-likeness (QED) is 0.669. The van der Waals surface area contributed by atoms with Gasteiger partial charge in [-0.15, -0.1) is 5.73 Å². The number of aliphatic hydroxyl groups is 1. The zero-order chi connectivity index (χ0) is 10.6. The van der Waals surface area contributed by atoms with Crippen LogP contribution in [0.2, 0.25) is 0 Å². The Morgan fingerprint density at radius 2 is 2.00 bits per heavy atom. The van der Waals surface area contributed by atoms with E-state index in [1.54, 1.807) is 6.08 Å². The Kier molecular flexibility index (Phi) is 4.14. The van der Waals surface area contributed by atoms with Gasteiger partial charge in [0.25, 0.3) is 0 Å². The molecule has 0 radical (unpaired) electrons. The van der Waals surface area contributed by atoms with Crippen LogP contribution in [0.15, 0.2) is 47.1 Å². The van der Waals surface area contributed by atoms with Crippen molar-refractivity contribution in [2.45, 2.75) is 5.60 Å². The van der Waals surface area contributed by atoms with E-state index in [1.807, 2.05) is 24.3 Å². The van der Waals surface area contributed by atoms with Gasteiger partial charge in [0.2, 0.25) is 0 Å². The molecule has 0 aromatic heterocycles. The third kappa shape index (κ3) is 2.58. The zero-order valence-corrected chi connectivity index (χ0v) is 10.7. The minimum atomic E-state index is -1.03. The van der Waals surface area contributed by atoms with Crippen LogP contribution in [0.4, 0.5) is 0 Å². The zero-order valence-electron chi connectivity index (χ0n) is 7.50. The van der Waals surface area contributed by atoms with E-state index < -0.39 is 5.60 Å². The van der Waals surface area contributed by atoms with Crippen LogP contribution in [0.1, 0.15) is 5.56 Å². The highest BCUT2D eigenvalue weighted by Gasteiger charge is 2.24. The number of benzene rings is 1. The molecule has 0 saturated carbocycles. The summed E-state index contributed by atoms with van der Waals surface area (Å²) in [6.07, 6.45) is 1.55. The van der Waals surface area contributed by atoms with Crippen molar-refractivity contribution >= 4 is 31.9 Å². The third-order valence-corrected chi connectivity index (χ3v) is 3.27. The van der Waals surface area contributed by atoms with Crippen molar-refractivity contribution in [2.24, 2.45) is 0 Å². The Morgan fingerprint density at radius 3 is 2.43 bits per heavy atom. The SMILES string of the molecule is C=C=CC(O)(CBr)c1ccc(Br)cc1. The molecule has 3 heteroatoms. The summed E-state index contributed by atoms with van der Waals surface area (Å²) in [4.78, 5) is 0. The van der Waals surface area contributed by atoms with Crippen molar-refractivity contribution < 1.29 is 5.11 Å². The summed E-state index contributed by atoms with van der Waals surface area (Å²) < 4.78 is 0.987. The fourth-order valence-electron chi connectivity index (χ4n) is 1.11. The molecule has 14 heavy (non-hydrogen) atoms. The molecule has 74 valence electrons. The van der Waals surface area contributed by atoms with Gasteiger partial charge in [-0.05, 0) is 23.8 Å². The van der Waals surface area contributed by atoms with Crippen molar-refractivity contribution in [2.75, 3.05) is 5.33 Å². The Bertz CT molecular complexity index is 352. The Hall–Kier alpha value is -0.340. The molecule has 0 aliphatic heterocycles. The Morgan fingerprint density at radius 1 is 1.43 bits per heavy atom. The van der Waals surface area contributed by atoms with Gasteiger partial charge in [0, 0.05) is 9.80 Å². The van der Waals surface area contributed by atoms with Gasteiger partial charge in [-0.1, -0.05) is 50.6 Å². The maximum atomic E-state index is 10.2. The van der Waals surface area contributed by atoms with E-state index in [0.29, 0.717) is 5.33 Å². The van der Waals surface area contributed by atoms with Crippen LogP contribution in [0, 0.1) is 0 Å². The van der Waals surface area contributed by atoms with E-state index >= 15 is 0 Å². The van der Waals surface area contributed by atoms with E-state index in [4.69, 9.17) is 0 Å². The van der Waals surface area contributed by atoms with Crippen LogP contribution in [0.25, 0.3) is 0 Å². The molecule has 0 amide bonds. The van der Waals surface area contributed by atoms with Crippen molar-refractivity contribution in [1.82, 2.24) is 0 Å². The monoisotopic (exact) mass is 316 g/mol. The second kappa shape index (κ2) is 4.94. The number of alkyl halides is 1. The van der Waals surface area contributed by atoms with Gasteiger partial charge in [-0.2, -0.15) is 0 Å². The molecule has 1 atom stereocenters. The molecule has 1 aromatic carbocycles. The van der Waals surface area contributed by atoms with E-state index in [1.165, 1.54) is 0 Å². The number of hydrogen-bond donors (Lipinski definition) is 1. The molecule has 1 N–H and O–H groups in total. The normalized spacial score (nSPS) is 14.2. The van der Waals surface area contributed by atoms with Gasteiger partial charge in [-0.25, -0.2) is 0 Å². The maximum Gasteiger partial charge on any atom is 0.125 e. The first kappa shape index (κ1) is 11.7. The molecule has 1 rings (SSSR count). The van der Waals surface area contributed by atoms with Gasteiger partial charge in [0.15, 0.2) is 0 Å². The maximum absolute atomic E-state index is 10.2. The predicted octanol–water partition coefficient (Wildman–Crippen LogP) is 3.37. The van der Waals surface area contributed by atoms with Crippen molar-refractivity contribution in [3.05, 3.63) is 52.7 Å². The lowest BCUT2D eigenvalue weighted by molar-refractivity contribution is 0.118. The van der Waals surface area contributed by atoms with Gasteiger partial charge >= 0.3 is 0 Å². The van der Waals surface area contributed by atoms with E-state index in [9.17, 15) is 5.11 Å². The highest BCUT2D eigenvalue weighted by molar-refractivity contribution is 9.10. The molecule has 1 nitrogen and oxygen atoms in total. The molecular weight excluding hydrogens is 308 g/mol. The van der Waals surface area contributed by atoms with Gasteiger partial charge < -0.3 is 5.11 Å². The van der Waals surface area contributed by atoms with Gasteiger partial charge in [0.05, 0.1) is 0 Å². The molecule has 0 heterocycles. The predicted molar refractivity (Wildman–Crippen MR) is 65.5 cm³/mol. The van der Waals surface area contributed by atoms with Crippen molar-refractivity contribution in [1.29, 1.82) is 0 Å². The minimum absolute atomic E-state index is 0.421. The molecule has 0 spiro atoms. The highest BCUT2D eigenvalue weighted by Crippen LogP contribution is 2.26. The fraction of sp³-hybridized carbons (Fsp3) is 0.182.